The fraction of sp³-hybridized carbons (Fsp3) is 0.412. The first-order chi connectivity index (χ1) is 9.77. The van der Waals surface area contributed by atoms with Gasteiger partial charge in [-0.2, -0.15) is 0 Å². The topological polar surface area (TPSA) is 39.2 Å². The van der Waals surface area contributed by atoms with E-state index >= 15 is 0 Å². The second-order valence-electron chi connectivity index (χ2n) is 6.19. The second-order valence-corrected chi connectivity index (χ2v) is 7.28. The van der Waals surface area contributed by atoms with Crippen molar-refractivity contribution in [1.29, 1.82) is 0 Å². The number of hydrogen-bond donors (Lipinski definition) is 0. The average molecular weight is 303 g/mol. The van der Waals surface area contributed by atoms with Crippen LogP contribution in [0.1, 0.15) is 53.6 Å². The Labute approximate surface area is 130 Å². The van der Waals surface area contributed by atoms with Crippen molar-refractivity contribution >= 4 is 17.1 Å². The number of carbonyl (C=O) groups excluding carboxylic acids is 1. The third-order valence-electron chi connectivity index (χ3n) is 3.08. The number of hydrogen-bond acceptors (Lipinski definition) is 4. The van der Waals surface area contributed by atoms with Crippen LogP contribution in [0, 0.1) is 6.92 Å². The van der Waals surface area contributed by atoms with Gasteiger partial charge in [-0.25, -0.2) is 4.98 Å². The molecule has 3 nitrogen and oxygen atoms in total. The number of aromatic nitrogens is 1. The van der Waals surface area contributed by atoms with Crippen LogP contribution >= 0.6 is 11.3 Å². The smallest absolute Gasteiger partial charge is 0.171 e. The summed E-state index contributed by atoms with van der Waals surface area (Å²) in [6.45, 7) is 10.2. The van der Waals surface area contributed by atoms with Crippen molar-refractivity contribution in [3.8, 4) is 5.75 Å². The summed E-state index contributed by atoms with van der Waals surface area (Å²) in [6.07, 6.45) is 0. The van der Waals surface area contributed by atoms with E-state index in [4.69, 9.17) is 4.74 Å². The van der Waals surface area contributed by atoms with Crippen LogP contribution in [-0.4, -0.2) is 10.8 Å². The lowest BCUT2D eigenvalue weighted by atomic mass is 9.91. The predicted octanol–water partition coefficient (Wildman–Crippen LogP) is 4.53. The summed E-state index contributed by atoms with van der Waals surface area (Å²) in [5, 5.41) is 0.839. The molecule has 0 aliphatic rings. The number of carbonyl (C=O) groups is 1. The highest BCUT2D eigenvalue weighted by atomic mass is 32.1. The number of ketones is 1. The number of aryl methyl sites for hydroxylation is 1. The summed E-state index contributed by atoms with van der Waals surface area (Å²) in [4.78, 5) is 17.1. The molecule has 0 aliphatic heterocycles. The maximum Gasteiger partial charge on any atom is 0.171 e. The first-order valence-electron chi connectivity index (χ1n) is 6.98. The van der Waals surface area contributed by atoms with Crippen molar-refractivity contribution in [2.45, 2.75) is 46.6 Å². The largest absolute Gasteiger partial charge is 0.486 e. The minimum absolute atomic E-state index is 0.0685. The van der Waals surface area contributed by atoms with Gasteiger partial charge in [-0.1, -0.05) is 38.5 Å². The van der Waals surface area contributed by atoms with Gasteiger partial charge in [0.05, 0.1) is 10.6 Å². The van der Waals surface area contributed by atoms with E-state index in [-0.39, 0.29) is 11.2 Å². The third kappa shape index (κ3) is 3.91. The van der Waals surface area contributed by atoms with Gasteiger partial charge in [0.15, 0.2) is 5.78 Å². The fourth-order valence-electron chi connectivity index (χ4n) is 1.95. The van der Waals surface area contributed by atoms with Crippen molar-refractivity contribution < 1.29 is 9.53 Å². The molecule has 21 heavy (non-hydrogen) atoms. The van der Waals surface area contributed by atoms with E-state index in [1.165, 1.54) is 16.9 Å². The summed E-state index contributed by atoms with van der Waals surface area (Å²) >= 11 is 1.43. The molecule has 0 spiro atoms. The molecule has 1 aromatic heterocycles. The SMILES string of the molecule is CC(=O)c1sc(COc2ccc(C)cc2)nc1C(C)(C)C. The zero-order chi connectivity index (χ0) is 15.6. The van der Waals surface area contributed by atoms with Crippen molar-refractivity contribution in [3.05, 3.63) is 45.4 Å². The molecule has 0 atom stereocenters. The summed E-state index contributed by atoms with van der Waals surface area (Å²) in [5.74, 6) is 0.886. The molecule has 1 heterocycles. The van der Waals surface area contributed by atoms with Gasteiger partial charge in [-0.05, 0) is 19.1 Å². The Morgan fingerprint density at radius 1 is 1.24 bits per heavy atom. The molecule has 0 radical (unpaired) electrons. The van der Waals surface area contributed by atoms with Gasteiger partial charge in [0.2, 0.25) is 0 Å². The van der Waals surface area contributed by atoms with Crippen LogP contribution in [0.3, 0.4) is 0 Å². The second kappa shape index (κ2) is 5.98. The van der Waals surface area contributed by atoms with Crippen LogP contribution in [-0.2, 0) is 12.0 Å². The minimum Gasteiger partial charge on any atom is -0.486 e. The molecule has 1 aromatic carbocycles. The van der Waals surface area contributed by atoms with Gasteiger partial charge in [-0.15, -0.1) is 11.3 Å². The number of ether oxygens (including phenoxy) is 1. The molecule has 2 aromatic rings. The Bertz CT molecular complexity index is 636. The zero-order valence-corrected chi connectivity index (χ0v) is 14.0. The van der Waals surface area contributed by atoms with E-state index in [1.54, 1.807) is 6.92 Å². The fourth-order valence-corrected chi connectivity index (χ4v) is 3.04. The van der Waals surface area contributed by atoms with Crippen molar-refractivity contribution in [1.82, 2.24) is 4.98 Å². The Hall–Kier alpha value is -1.68. The third-order valence-corrected chi connectivity index (χ3v) is 4.21. The van der Waals surface area contributed by atoms with E-state index in [0.717, 1.165) is 21.3 Å². The van der Waals surface area contributed by atoms with Gasteiger partial charge in [-0.3, -0.25) is 4.79 Å². The number of nitrogens with zero attached hydrogens (tertiary/aromatic N) is 1. The predicted molar refractivity (Wildman–Crippen MR) is 86.3 cm³/mol. The highest BCUT2D eigenvalue weighted by molar-refractivity contribution is 7.13. The Morgan fingerprint density at radius 2 is 1.86 bits per heavy atom. The van der Waals surface area contributed by atoms with E-state index in [1.807, 2.05) is 31.2 Å². The first kappa shape index (κ1) is 15.7. The van der Waals surface area contributed by atoms with Crippen molar-refractivity contribution in [2.24, 2.45) is 0 Å². The monoisotopic (exact) mass is 303 g/mol. The lowest BCUT2D eigenvalue weighted by molar-refractivity contribution is 0.101. The molecule has 112 valence electrons. The molecule has 2 rings (SSSR count). The van der Waals surface area contributed by atoms with Gasteiger partial charge >= 0.3 is 0 Å². The maximum absolute atomic E-state index is 11.8. The molecule has 0 N–H and O–H groups in total. The molecule has 4 heteroatoms. The molecular weight excluding hydrogens is 282 g/mol. The lowest BCUT2D eigenvalue weighted by Crippen LogP contribution is -2.15. The van der Waals surface area contributed by atoms with Gasteiger partial charge < -0.3 is 4.74 Å². The normalized spacial score (nSPS) is 11.5. The van der Waals surface area contributed by atoms with Gasteiger partial charge in [0, 0.05) is 12.3 Å². The number of rotatable bonds is 4. The lowest BCUT2D eigenvalue weighted by Gasteiger charge is -2.16. The number of benzene rings is 1. The highest BCUT2D eigenvalue weighted by Crippen LogP contribution is 2.30. The van der Waals surface area contributed by atoms with Crippen LogP contribution in [0.4, 0.5) is 0 Å². The average Bonchev–Trinajstić information content (AvgIpc) is 2.82. The minimum atomic E-state index is -0.139. The Balaban J connectivity index is 2.17. The van der Waals surface area contributed by atoms with E-state index in [2.05, 4.69) is 25.8 Å². The quantitative estimate of drug-likeness (QED) is 0.779. The molecule has 0 fully saturated rings. The molecule has 0 saturated carbocycles. The van der Waals surface area contributed by atoms with Crippen molar-refractivity contribution in [2.75, 3.05) is 0 Å². The summed E-state index contributed by atoms with van der Waals surface area (Å²) < 4.78 is 5.74. The molecule has 0 aliphatic carbocycles. The Morgan fingerprint density at radius 3 is 2.33 bits per heavy atom. The highest BCUT2D eigenvalue weighted by Gasteiger charge is 2.25. The standard InChI is InChI=1S/C17H21NO2S/c1-11-6-8-13(9-7-11)20-10-14-18-16(17(3,4)5)15(21-14)12(2)19/h6-9H,10H2,1-5H3. The molecule has 0 unspecified atom stereocenters. The molecule has 0 saturated heterocycles. The summed E-state index contributed by atoms with van der Waals surface area (Å²) in [7, 11) is 0. The molecular formula is C17H21NO2S. The van der Waals surface area contributed by atoms with Gasteiger partial charge in [0.1, 0.15) is 17.4 Å². The number of Topliss-reactive ketones (excluding diaryl/α,β-unsaturated/α-hetero) is 1. The van der Waals surface area contributed by atoms with E-state index in [0.29, 0.717) is 6.61 Å². The summed E-state index contributed by atoms with van der Waals surface area (Å²) in [5.41, 5.74) is 1.92. The van der Waals surface area contributed by atoms with Crippen molar-refractivity contribution in [3.63, 3.8) is 0 Å². The van der Waals surface area contributed by atoms with Crippen LogP contribution < -0.4 is 4.74 Å². The van der Waals surface area contributed by atoms with E-state index < -0.39 is 0 Å². The van der Waals surface area contributed by atoms with Crippen LogP contribution in [0.15, 0.2) is 24.3 Å². The molecule has 0 bridgehead atoms. The van der Waals surface area contributed by atoms with Gasteiger partial charge in [0.25, 0.3) is 0 Å². The summed E-state index contributed by atoms with van der Waals surface area (Å²) in [6, 6.07) is 7.91. The first-order valence-corrected chi connectivity index (χ1v) is 7.79. The molecule has 0 amide bonds. The van der Waals surface area contributed by atoms with Crippen LogP contribution in [0.25, 0.3) is 0 Å². The maximum atomic E-state index is 11.8. The zero-order valence-electron chi connectivity index (χ0n) is 13.2. The Kier molecular flexibility index (Phi) is 4.47. The van der Waals surface area contributed by atoms with Crippen LogP contribution in [0.5, 0.6) is 5.75 Å². The van der Waals surface area contributed by atoms with E-state index in [9.17, 15) is 4.79 Å². The number of thiazole rings is 1. The van der Waals surface area contributed by atoms with Crippen LogP contribution in [0.2, 0.25) is 0 Å².